The molecule has 3 nitrogen and oxygen atoms in total. The maximum absolute atomic E-state index is 11.3. The lowest BCUT2D eigenvalue weighted by molar-refractivity contribution is 0.195. The van der Waals surface area contributed by atoms with Gasteiger partial charge in [0.15, 0.2) is 0 Å². The van der Waals surface area contributed by atoms with E-state index in [2.05, 4.69) is 18.7 Å². The molecule has 1 atom stereocenters. The van der Waals surface area contributed by atoms with Gasteiger partial charge in [-0.15, -0.1) is 0 Å². The van der Waals surface area contributed by atoms with E-state index in [0.717, 1.165) is 25.4 Å². The molecule has 0 saturated heterocycles. The van der Waals surface area contributed by atoms with Crippen LogP contribution in [-0.4, -0.2) is 43.2 Å². The Morgan fingerprint density at radius 3 is 2.43 bits per heavy atom. The molecule has 5 heteroatoms. The van der Waals surface area contributed by atoms with Crippen LogP contribution >= 0.6 is 18.4 Å². The summed E-state index contributed by atoms with van der Waals surface area (Å²) in [6.07, 6.45) is 0.398. The molecular weight excluding hydrogens is 217 g/mol. The highest BCUT2D eigenvalue weighted by atomic mass is 32.7. The molecule has 0 aliphatic rings. The predicted octanol–water partition coefficient (Wildman–Crippen LogP) is 2.80. The van der Waals surface area contributed by atoms with E-state index in [1.165, 1.54) is 11.4 Å². The van der Waals surface area contributed by atoms with E-state index in [0.29, 0.717) is 13.0 Å². The minimum atomic E-state index is -1.21. The Bertz CT molecular complexity index is 154. The van der Waals surface area contributed by atoms with Crippen molar-refractivity contribution in [1.82, 2.24) is 4.90 Å². The van der Waals surface area contributed by atoms with Gasteiger partial charge < -0.3 is 9.64 Å². The van der Waals surface area contributed by atoms with Gasteiger partial charge in [0.25, 0.3) is 6.35 Å². The molecule has 0 rings (SSSR count). The van der Waals surface area contributed by atoms with Crippen LogP contribution in [0.4, 0.5) is 0 Å². The monoisotopic (exact) mass is 238 g/mol. The average molecular weight is 238 g/mol. The lowest BCUT2D eigenvalue weighted by Gasteiger charge is -2.15. The van der Waals surface area contributed by atoms with Crippen LogP contribution in [0.25, 0.3) is 0 Å². The molecular formula is C9H21NO2PS+. The lowest BCUT2D eigenvalue weighted by atomic mass is 10.5. The van der Waals surface area contributed by atoms with Crippen LogP contribution < -0.4 is 0 Å². The van der Waals surface area contributed by atoms with Gasteiger partial charge in [0, 0.05) is 13.2 Å². The number of nitrogens with zero attached hydrogens (tertiary/aromatic N) is 1. The highest BCUT2D eigenvalue weighted by Gasteiger charge is 2.16. The maximum atomic E-state index is 11.3. The molecule has 0 amide bonds. The van der Waals surface area contributed by atoms with Crippen molar-refractivity contribution in [3.05, 3.63) is 0 Å². The molecule has 0 N–H and O–H groups in total. The third-order valence-electron chi connectivity index (χ3n) is 1.94. The number of hydrogen-bond acceptors (Lipinski definition) is 4. The summed E-state index contributed by atoms with van der Waals surface area (Å²) in [5.74, 6) is 0.934. The Morgan fingerprint density at radius 2 is 1.93 bits per heavy atom. The molecule has 0 aromatic carbocycles. The van der Waals surface area contributed by atoms with Crippen LogP contribution in [0.2, 0.25) is 0 Å². The van der Waals surface area contributed by atoms with Gasteiger partial charge >= 0.3 is 7.00 Å². The van der Waals surface area contributed by atoms with E-state index >= 15 is 0 Å². The minimum Gasteiger partial charge on any atom is -0.337 e. The van der Waals surface area contributed by atoms with Gasteiger partial charge in [-0.05, 0) is 20.0 Å². The summed E-state index contributed by atoms with van der Waals surface area (Å²) >= 11 is 1.52. The first-order valence-corrected chi connectivity index (χ1v) is 8.15. The molecule has 1 unspecified atom stereocenters. The average Bonchev–Trinajstić information content (AvgIpc) is 2.21. The third-order valence-corrected chi connectivity index (χ3v) is 4.71. The van der Waals surface area contributed by atoms with E-state index in [4.69, 9.17) is 4.74 Å². The van der Waals surface area contributed by atoms with Crippen molar-refractivity contribution < 1.29 is 9.30 Å². The number of hydrogen-bond donors (Lipinski definition) is 0. The number of ether oxygens (including phenoxy) is 1. The summed E-state index contributed by atoms with van der Waals surface area (Å²) in [5, 5.41) is 0. The fourth-order valence-corrected chi connectivity index (χ4v) is 3.27. The van der Waals surface area contributed by atoms with E-state index in [1.54, 1.807) is 0 Å². The van der Waals surface area contributed by atoms with Crippen molar-refractivity contribution in [2.75, 3.05) is 38.3 Å². The van der Waals surface area contributed by atoms with E-state index in [9.17, 15) is 4.57 Å². The van der Waals surface area contributed by atoms with Crippen LogP contribution in [0.15, 0.2) is 0 Å². The Hall–Kier alpha value is 0.370. The summed E-state index contributed by atoms with van der Waals surface area (Å²) in [6.45, 7) is 10.0. The first-order valence-electron chi connectivity index (χ1n) is 5.12. The normalized spacial score (nSPS) is 12.1. The van der Waals surface area contributed by atoms with Crippen molar-refractivity contribution in [3.63, 3.8) is 0 Å². The van der Waals surface area contributed by atoms with Crippen molar-refractivity contribution in [2.45, 2.75) is 20.8 Å². The Labute approximate surface area is 92.1 Å². The smallest absolute Gasteiger partial charge is 0.337 e. The molecule has 84 valence electrons. The zero-order valence-electron chi connectivity index (χ0n) is 9.36. The summed E-state index contributed by atoms with van der Waals surface area (Å²) in [7, 11) is -1.21. The van der Waals surface area contributed by atoms with Gasteiger partial charge in [0.1, 0.15) is 11.4 Å². The van der Waals surface area contributed by atoms with Crippen molar-refractivity contribution in [2.24, 2.45) is 0 Å². The molecule has 0 heterocycles. The SMILES string of the molecule is CCOC[P+](=O)SCCN(CC)CC. The zero-order chi connectivity index (χ0) is 10.8. The van der Waals surface area contributed by atoms with Crippen LogP contribution in [0.1, 0.15) is 20.8 Å². The lowest BCUT2D eigenvalue weighted by Crippen LogP contribution is -2.25. The fourth-order valence-electron chi connectivity index (χ4n) is 1.01. The largest absolute Gasteiger partial charge is 0.438 e. The molecule has 0 spiro atoms. The summed E-state index contributed by atoms with van der Waals surface area (Å²) in [5.41, 5.74) is 0. The van der Waals surface area contributed by atoms with Crippen LogP contribution in [0.3, 0.4) is 0 Å². The third kappa shape index (κ3) is 7.74. The molecule has 0 radical (unpaired) electrons. The number of rotatable bonds is 9. The Morgan fingerprint density at radius 1 is 1.29 bits per heavy atom. The maximum Gasteiger partial charge on any atom is 0.438 e. The van der Waals surface area contributed by atoms with Gasteiger partial charge in [-0.2, -0.15) is 0 Å². The molecule has 14 heavy (non-hydrogen) atoms. The van der Waals surface area contributed by atoms with E-state index < -0.39 is 7.00 Å². The molecule has 0 fully saturated rings. The van der Waals surface area contributed by atoms with Gasteiger partial charge in [-0.3, -0.25) is 0 Å². The van der Waals surface area contributed by atoms with Crippen molar-refractivity contribution in [3.8, 4) is 0 Å². The second kappa shape index (κ2) is 9.91. The van der Waals surface area contributed by atoms with Gasteiger partial charge in [-0.1, -0.05) is 18.4 Å². The second-order valence-corrected chi connectivity index (χ2v) is 6.40. The van der Waals surface area contributed by atoms with Gasteiger partial charge in [0.05, 0.1) is 5.75 Å². The van der Waals surface area contributed by atoms with Crippen LogP contribution in [0, 0.1) is 0 Å². The fraction of sp³-hybridized carbons (Fsp3) is 1.00. The molecule has 0 saturated carbocycles. The van der Waals surface area contributed by atoms with E-state index in [1.807, 2.05) is 6.92 Å². The summed E-state index contributed by atoms with van der Waals surface area (Å²) < 4.78 is 16.4. The van der Waals surface area contributed by atoms with Crippen molar-refractivity contribution in [1.29, 1.82) is 0 Å². The Balaban J connectivity index is 3.38. The highest BCUT2D eigenvalue weighted by Crippen LogP contribution is 2.37. The minimum absolute atomic E-state index is 0.398. The standard InChI is InChI=1S/C9H21NO2PS/c1-4-10(5-2)7-8-14-13(11)9-12-6-3/h4-9H2,1-3H3/q+1. The van der Waals surface area contributed by atoms with Crippen molar-refractivity contribution >= 4 is 18.4 Å². The molecule has 0 aliphatic carbocycles. The predicted molar refractivity (Wildman–Crippen MR) is 64.3 cm³/mol. The first kappa shape index (κ1) is 14.4. The molecule has 0 aromatic heterocycles. The van der Waals surface area contributed by atoms with Crippen LogP contribution in [-0.2, 0) is 9.30 Å². The molecule has 0 bridgehead atoms. The van der Waals surface area contributed by atoms with Gasteiger partial charge in [-0.25, -0.2) is 0 Å². The quantitative estimate of drug-likeness (QED) is 0.578. The summed E-state index contributed by atoms with van der Waals surface area (Å²) in [4.78, 5) is 2.33. The first-order chi connectivity index (χ1) is 6.74. The highest BCUT2D eigenvalue weighted by molar-refractivity contribution is 8.51. The molecule has 0 aliphatic heterocycles. The zero-order valence-corrected chi connectivity index (χ0v) is 11.1. The topological polar surface area (TPSA) is 29.5 Å². The van der Waals surface area contributed by atoms with Crippen LogP contribution in [0.5, 0.6) is 0 Å². The summed E-state index contributed by atoms with van der Waals surface area (Å²) in [6, 6.07) is 0. The second-order valence-electron chi connectivity index (χ2n) is 2.81. The van der Waals surface area contributed by atoms with E-state index in [-0.39, 0.29) is 0 Å². The Kier molecular flexibility index (Phi) is 10.2. The molecule has 0 aromatic rings. The van der Waals surface area contributed by atoms with Gasteiger partial charge in [0.2, 0.25) is 0 Å².